The van der Waals surface area contributed by atoms with Crippen LogP contribution in [0, 0.1) is 5.92 Å². The van der Waals surface area contributed by atoms with E-state index in [1.807, 2.05) is 0 Å². The van der Waals surface area contributed by atoms with Gasteiger partial charge in [0, 0.05) is 18.0 Å². The van der Waals surface area contributed by atoms with Crippen LogP contribution in [0.5, 0.6) is 5.88 Å². The Bertz CT molecular complexity index is 1120. The fraction of sp³-hybridized carbons (Fsp3) is 0.316. The quantitative estimate of drug-likeness (QED) is 0.594. The largest absolute Gasteiger partial charge is 0.457 e. The van der Waals surface area contributed by atoms with Crippen LogP contribution >= 0.6 is 0 Å². The second-order valence-electron chi connectivity index (χ2n) is 6.97. The summed E-state index contributed by atoms with van der Waals surface area (Å²) in [4.78, 5) is 11.9. The Morgan fingerprint density at radius 1 is 1.07 bits per heavy atom. The molecule has 7 nitrogen and oxygen atoms in total. The maximum Gasteiger partial charge on any atom is 0.429 e. The fourth-order valence-corrected chi connectivity index (χ4v) is 4.12. The molecule has 1 atom stereocenters. The van der Waals surface area contributed by atoms with Crippen molar-refractivity contribution in [2.45, 2.75) is 26.1 Å². The van der Waals surface area contributed by atoms with Crippen LogP contribution in [0.3, 0.4) is 0 Å². The van der Waals surface area contributed by atoms with E-state index in [1.165, 1.54) is 24.4 Å². The average Bonchev–Trinajstić information content (AvgIpc) is 2.64. The van der Waals surface area contributed by atoms with E-state index < -0.39 is 34.0 Å². The Hall–Kier alpha value is -2.95. The third-order valence-electron chi connectivity index (χ3n) is 3.86. The van der Waals surface area contributed by atoms with Gasteiger partial charge in [-0.1, -0.05) is 32.0 Å². The van der Waals surface area contributed by atoms with E-state index in [2.05, 4.69) is 19.7 Å². The number of aromatic nitrogens is 3. The second-order valence-corrected chi connectivity index (χ2v) is 8.74. The maximum atomic E-state index is 13.7. The van der Waals surface area contributed by atoms with E-state index in [-0.39, 0.29) is 22.8 Å². The van der Waals surface area contributed by atoms with E-state index >= 15 is 0 Å². The Balaban J connectivity index is 2.08. The standard InChI is InChI=1S/C19H19F3N4O3S/c1-12(2)11-30(27,28)26-17-18(25-15-8-4-3-7-14(15)24-17)29-16(19(20,21)22)13-6-5-9-23-10-13/h3-10,12,16H,11H2,1-2H3,(H,24,26). The van der Waals surface area contributed by atoms with Crippen molar-refractivity contribution in [3.05, 3.63) is 54.4 Å². The first-order valence-corrected chi connectivity index (χ1v) is 10.6. The van der Waals surface area contributed by atoms with E-state index in [0.29, 0.717) is 5.52 Å². The molecule has 2 aromatic heterocycles. The van der Waals surface area contributed by atoms with Gasteiger partial charge in [-0.3, -0.25) is 9.71 Å². The number of fused-ring (bicyclic) bond motifs is 1. The Morgan fingerprint density at radius 2 is 1.73 bits per heavy atom. The summed E-state index contributed by atoms with van der Waals surface area (Å²) in [5.41, 5.74) is 0.305. The molecule has 0 amide bonds. The third-order valence-corrected chi connectivity index (χ3v) is 5.47. The molecular formula is C19H19F3N4O3S. The number of pyridine rings is 1. The summed E-state index contributed by atoms with van der Waals surface area (Å²) in [5.74, 6) is -1.44. The molecule has 0 aliphatic heterocycles. The van der Waals surface area contributed by atoms with Crippen molar-refractivity contribution in [2.24, 2.45) is 5.92 Å². The molecule has 1 aromatic carbocycles. The smallest absolute Gasteiger partial charge is 0.429 e. The van der Waals surface area contributed by atoms with Gasteiger partial charge in [0.25, 0.3) is 5.88 Å². The minimum atomic E-state index is -4.80. The van der Waals surface area contributed by atoms with Crippen LogP contribution in [-0.2, 0) is 10.0 Å². The lowest BCUT2D eigenvalue weighted by atomic mass is 10.1. The van der Waals surface area contributed by atoms with Gasteiger partial charge in [0.1, 0.15) is 0 Å². The highest BCUT2D eigenvalue weighted by molar-refractivity contribution is 7.92. The SMILES string of the molecule is CC(C)CS(=O)(=O)Nc1nc2ccccc2nc1OC(c1cccnc1)C(F)(F)F. The number of halogens is 3. The molecule has 3 aromatic rings. The fourth-order valence-electron chi connectivity index (χ4n) is 2.73. The molecule has 30 heavy (non-hydrogen) atoms. The summed E-state index contributed by atoms with van der Waals surface area (Å²) in [6.07, 6.45) is -4.85. The van der Waals surface area contributed by atoms with Crippen molar-refractivity contribution in [1.29, 1.82) is 0 Å². The number of sulfonamides is 1. The van der Waals surface area contributed by atoms with E-state index in [0.717, 1.165) is 6.20 Å². The van der Waals surface area contributed by atoms with E-state index in [1.54, 1.807) is 32.0 Å². The first-order chi connectivity index (χ1) is 14.0. The Kier molecular flexibility index (Phi) is 6.11. The molecule has 2 heterocycles. The van der Waals surface area contributed by atoms with Gasteiger partial charge in [0.05, 0.1) is 16.8 Å². The van der Waals surface area contributed by atoms with Gasteiger partial charge in [-0.15, -0.1) is 0 Å². The molecule has 0 saturated carbocycles. The first-order valence-electron chi connectivity index (χ1n) is 8.96. The van der Waals surface area contributed by atoms with Crippen molar-refractivity contribution in [3.63, 3.8) is 0 Å². The van der Waals surface area contributed by atoms with Crippen LogP contribution in [0.25, 0.3) is 11.0 Å². The second kappa shape index (κ2) is 8.42. The molecule has 11 heteroatoms. The minimum absolute atomic E-state index is 0.210. The summed E-state index contributed by atoms with van der Waals surface area (Å²) >= 11 is 0. The molecule has 3 rings (SSSR count). The number of alkyl halides is 3. The molecule has 0 radical (unpaired) electrons. The summed E-state index contributed by atoms with van der Waals surface area (Å²) in [7, 11) is -3.89. The molecule has 0 bridgehead atoms. The topological polar surface area (TPSA) is 94.1 Å². The predicted molar refractivity (Wildman–Crippen MR) is 105 cm³/mol. The molecule has 1 unspecified atom stereocenters. The molecule has 0 aliphatic rings. The number of nitrogens with one attached hydrogen (secondary N) is 1. The molecule has 160 valence electrons. The molecule has 0 aliphatic carbocycles. The number of anilines is 1. The van der Waals surface area contributed by atoms with Crippen LogP contribution in [0.15, 0.2) is 48.8 Å². The highest BCUT2D eigenvalue weighted by atomic mass is 32.2. The van der Waals surface area contributed by atoms with Crippen LogP contribution < -0.4 is 9.46 Å². The van der Waals surface area contributed by atoms with Gasteiger partial charge in [-0.05, 0) is 24.1 Å². The zero-order chi connectivity index (χ0) is 21.9. The number of rotatable bonds is 7. The predicted octanol–water partition coefficient (Wildman–Crippen LogP) is 4.10. The van der Waals surface area contributed by atoms with E-state index in [4.69, 9.17) is 4.74 Å². The lowest BCUT2D eigenvalue weighted by Gasteiger charge is -2.22. The van der Waals surface area contributed by atoms with Crippen LogP contribution in [0.1, 0.15) is 25.5 Å². The van der Waals surface area contributed by atoms with Crippen molar-refractivity contribution < 1.29 is 26.3 Å². The summed E-state index contributed by atoms with van der Waals surface area (Å²) in [5, 5.41) is 0. The van der Waals surface area contributed by atoms with Crippen molar-refractivity contribution in [3.8, 4) is 5.88 Å². The van der Waals surface area contributed by atoms with Crippen molar-refractivity contribution in [1.82, 2.24) is 15.0 Å². The number of para-hydroxylation sites is 2. The lowest BCUT2D eigenvalue weighted by molar-refractivity contribution is -0.198. The molecule has 0 fully saturated rings. The maximum absolute atomic E-state index is 13.7. The van der Waals surface area contributed by atoms with Crippen molar-refractivity contribution >= 4 is 26.9 Å². The monoisotopic (exact) mass is 440 g/mol. The highest BCUT2D eigenvalue weighted by Gasteiger charge is 2.44. The normalized spacial score (nSPS) is 13.4. The summed E-state index contributed by atoms with van der Waals surface area (Å²) in [6.45, 7) is 3.40. The molecular weight excluding hydrogens is 421 g/mol. The van der Waals surface area contributed by atoms with Gasteiger partial charge in [-0.2, -0.15) is 13.2 Å². The van der Waals surface area contributed by atoms with Gasteiger partial charge < -0.3 is 4.74 Å². The summed E-state index contributed by atoms with van der Waals surface area (Å²) < 4.78 is 73.3. The minimum Gasteiger partial charge on any atom is -0.457 e. The number of hydrogen-bond donors (Lipinski definition) is 1. The van der Waals surface area contributed by atoms with Crippen LogP contribution in [0.2, 0.25) is 0 Å². The van der Waals surface area contributed by atoms with Gasteiger partial charge >= 0.3 is 6.18 Å². The Labute approximate surface area is 171 Å². The highest BCUT2D eigenvalue weighted by Crippen LogP contribution is 2.38. The van der Waals surface area contributed by atoms with Crippen molar-refractivity contribution in [2.75, 3.05) is 10.5 Å². The van der Waals surface area contributed by atoms with Gasteiger partial charge in [0.15, 0.2) is 0 Å². The number of nitrogens with zero attached hydrogens (tertiary/aromatic N) is 3. The van der Waals surface area contributed by atoms with Gasteiger partial charge in [0.2, 0.25) is 21.9 Å². The first kappa shape index (κ1) is 21.8. The zero-order valence-corrected chi connectivity index (χ0v) is 16.9. The van der Waals surface area contributed by atoms with E-state index in [9.17, 15) is 21.6 Å². The lowest BCUT2D eigenvalue weighted by Crippen LogP contribution is -2.28. The summed E-state index contributed by atoms with van der Waals surface area (Å²) in [6, 6.07) is 8.94. The Morgan fingerprint density at radius 3 is 2.30 bits per heavy atom. The molecule has 1 N–H and O–H groups in total. The average molecular weight is 440 g/mol. The third kappa shape index (κ3) is 5.35. The van der Waals surface area contributed by atoms with Crippen LogP contribution in [0.4, 0.5) is 19.0 Å². The van der Waals surface area contributed by atoms with Gasteiger partial charge in [-0.25, -0.2) is 18.4 Å². The number of benzene rings is 1. The van der Waals surface area contributed by atoms with Crippen LogP contribution in [-0.4, -0.2) is 35.3 Å². The number of ether oxygens (including phenoxy) is 1. The molecule has 0 saturated heterocycles. The zero-order valence-electron chi connectivity index (χ0n) is 16.1. The number of hydrogen-bond acceptors (Lipinski definition) is 6. The molecule has 0 spiro atoms.